The van der Waals surface area contributed by atoms with Gasteiger partial charge in [-0.1, -0.05) is 0 Å². The second-order valence-electron chi connectivity index (χ2n) is 7.74. The molecule has 1 amide bonds. The Morgan fingerprint density at radius 1 is 1.21 bits per heavy atom. The van der Waals surface area contributed by atoms with Crippen LogP contribution in [0.3, 0.4) is 0 Å². The lowest BCUT2D eigenvalue weighted by Gasteiger charge is -2.40. The summed E-state index contributed by atoms with van der Waals surface area (Å²) >= 11 is 0. The minimum Gasteiger partial charge on any atom is -0.496 e. The van der Waals surface area contributed by atoms with Gasteiger partial charge >= 0.3 is 6.09 Å². The lowest BCUT2D eigenvalue weighted by molar-refractivity contribution is 0.0384. The smallest absolute Gasteiger partial charge is 0.409 e. The Hall–Kier alpha value is -1.89. The van der Waals surface area contributed by atoms with E-state index in [1.807, 2.05) is 6.92 Å². The van der Waals surface area contributed by atoms with E-state index in [0.29, 0.717) is 62.9 Å². The van der Waals surface area contributed by atoms with Gasteiger partial charge in [0.15, 0.2) is 0 Å². The standard InChI is InChI=1S/C21H30F2N2O3/c1-3-28-20(26)25-10-6-16(7-11-25)15-24-12-8-21(23,9-13-24)18-14-17(22)4-5-19(18)27-2/h4-5,14,16H,3,6-13,15H2,1-2H3. The predicted octanol–water partition coefficient (Wildman–Crippen LogP) is 3.96. The van der Waals surface area contributed by atoms with Gasteiger partial charge in [-0.15, -0.1) is 0 Å². The molecule has 0 unspecified atom stereocenters. The van der Waals surface area contributed by atoms with E-state index >= 15 is 4.39 Å². The van der Waals surface area contributed by atoms with Crippen molar-refractivity contribution >= 4 is 6.09 Å². The average molecular weight is 396 g/mol. The summed E-state index contributed by atoms with van der Waals surface area (Å²) < 4.78 is 39.5. The normalized spacial score (nSPS) is 20.8. The highest BCUT2D eigenvalue weighted by atomic mass is 19.1. The molecule has 7 heteroatoms. The molecule has 2 aliphatic heterocycles. The Labute approximate surface area is 165 Å². The molecule has 2 saturated heterocycles. The summed E-state index contributed by atoms with van der Waals surface area (Å²) in [4.78, 5) is 15.8. The summed E-state index contributed by atoms with van der Waals surface area (Å²) in [5.74, 6) is 0.466. The van der Waals surface area contributed by atoms with E-state index in [1.54, 1.807) is 4.90 Å². The molecule has 2 heterocycles. The molecule has 0 bridgehead atoms. The third-order valence-corrected chi connectivity index (χ3v) is 5.95. The molecular formula is C21H30F2N2O3. The Kier molecular flexibility index (Phi) is 6.75. The first-order chi connectivity index (χ1) is 13.4. The van der Waals surface area contributed by atoms with E-state index in [-0.39, 0.29) is 6.09 Å². The number of rotatable bonds is 5. The van der Waals surface area contributed by atoms with Crippen molar-refractivity contribution in [1.82, 2.24) is 9.80 Å². The number of carbonyl (C=O) groups excluding carboxylic acids is 1. The highest BCUT2D eigenvalue weighted by Gasteiger charge is 2.39. The van der Waals surface area contributed by atoms with Crippen molar-refractivity contribution in [2.75, 3.05) is 46.4 Å². The van der Waals surface area contributed by atoms with Gasteiger partial charge in [0.1, 0.15) is 17.2 Å². The zero-order valence-corrected chi connectivity index (χ0v) is 16.8. The summed E-state index contributed by atoms with van der Waals surface area (Å²) in [7, 11) is 1.48. The van der Waals surface area contributed by atoms with Gasteiger partial charge < -0.3 is 19.3 Å². The van der Waals surface area contributed by atoms with E-state index in [4.69, 9.17) is 9.47 Å². The van der Waals surface area contributed by atoms with Gasteiger partial charge in [0.05, 0.1) is 13.7 Å². The van der Waals surface area contributed by atoms with Crippen molar-refractivity contribution < 1.29 is 23.0 Å². The van der Waals surface area contributed by atoms with Crippen LogP contribution in [0.15, 0.2) is 18.2 Å². The maximum absolute atomic E-state index is 15.6. The number of piperidine rings is 2. The van der Waals surface area contributed by atoms with Crippen LogP contribution in [0.1, 0.15) is 38.2 Å². The monoisotopic (exact) mass is 396 g/mol. The van der Waals surface area contributed by atoms with Crippen LogP contribution < -0.4 is 4.74 Å². The van der Waals surface area contributed by atoms with Crippen LogP contribution >= 0.6 is 0 Å². The topological polar surface area (TPSA) is 42.0 Å². The van der Waals surface area contributed by atoms with Crippen molar-refractivity contribution in [1.29, 1.82) is 0 Å². The van der Waals surface area contributed by atoms with Gasteiger partial charge in [-0.3, -0.25) is 0 Å². The molecule has 1 aromatic carbocycles. The van der Waals surface area contributed by atoms with Gasteiger partial charge in [0.2, 0.25) is 0 Å². The highest BCUT2D eigenvalue weighted by molar-refractivity contribution is 5.67. The van der Waals surface area contributed by atoms with Crippen molar-refractivity contribution in [3.8, 4) is 5.75 Å². The van der Waals surface area contributed by atoms with E-state index in [9.17, 15) is 9.18 Å². The molecule has 0 radical (unpaired) electrons. The minimum atomic E-state index is -1.56. The fourth-order valence-corrected chi connectivity index (χ4v) is 4.27. The SMILES string of the molecule is CCOC(=O)N1CCC(CN2CCC(F)(c3cc(F)ccc3OC)CC2)CC1. The first-order valence-corrected chi connectivity index (χ1v) is 10.1. The van der Waals surface area contributed by atoms with E-state index < -0.39 is 11.5 Å². The fourth-order valence-electron chi connectivity index (χ4n) is 4.27. The molecule has 0 atom stereocenters. The van der Waals surface area contributed by atoms with Crippen LogP contribution in [-0.2, 0) is 10.4 Å². The summed E-state index contributed by atoms with van der Waals surface area (Å²) in [5, 5.41) is 0. The zero-order chi connectivity index (χ0) is 20.1. The van der Waals surface area contributed by atoms with Crippen molar-refractivity contribution in [2.45, 2.75) is 38.3 Å². The molecular weight excluding hydrogens is 366 g/mol. The van der Waals surface area contributed by atoms with Gasteiger partial charge in [-0.2, -0.15) is 0 Å². The van der Waals surface area contributed by atoms with E-state index in [0.717, 1.165) is 19.4 Å². The first kappa shape index (κ1) is 20.8. The number of likely N-dealkylation sites (tertiary alicyclic amines) is 2. The number of hydrogen-bond acceptors (Lipinski definition) is 4. The van der Waals surface area contributed by atoms with Crippen molar-refractivity contribution in [3.05, 3.63) is 29.6 Å². The quantitative estimate of drug-likeness (QED) is 0.756. The Bertz CT molecular complexity index is 670. The number of carbonyl (C=O) groups is 1. The predicted molar refractivity (Wildman–Crippen MR) is 103 cm³/mol. The lowest BCUT2D eigenvalue weighted by atomic mass is 9.84. The number of ether oxygens (including phenoxy) is 2. The number of hydrogen-bond donors (Lipinski definition) is 0. The Morgan fingerprint density at radius 3 is 2.50 bits per heavy atom. The van der Waals surface area contributed by atoms with Crippen LogP contribution in [-0.4, -0.2) is 62.3 Å². The van der Waals surface area contributed by atoms with Gasteiger partial charge in [-0.05, 0) is 56.7 Å². The van der Waals surface area contributed by atoms with Crippen LogP contribution in [0.2, 0.25) is 0 Å². The van der Waals surface area contributed by atoms with Crippen molar-refractivity contribution in [2.24, 2.45) is 5.92 Å². The van der Waals surface area contributed by atoms with Gasteiger partial charge in [-0.25, -0.2) is 13.6 Å². The largest absolute Gasteiger partial charge is 0.496 e. The zero-order valence-electron chi connectivity index (χ0n) is 16.8. The molecule has 28 heavy (non-hydrogen) atoms. The summed E-state index contributed by atoms with van der Waals surface area (Å²) in [6, 6.07) is 4.05. The Balaban J connectivity index is 1.51. The Morgan fingerprint density at radius 2 is 1.89 bits per heavy atom. The fraction of sp³-hybridized carbons (Fsp3) is 0.667. The molecule has 156 valence electrons. The highest BCUT2D eigenvalue weighted by Crippen LogP contribution is 2.42. The molecule has 0 N–H and O–H groups in total. The minimum absolute atomic E-state index is 0.231. The number of alkyl halides is 1. The van der Waals surface area contributed by atoms with E-state index in [1.165, 1.54) is 25.3 Å². The van der Waals surface area contributed by atoms with Crippen LogP contribution in [0, 0.1) is 11.7 Å². The molecule has 5 nitrogen and oxygen atoms in total. The molecule has 0 aliphatic carbocycles. The number of nitrogens with zero attached hydrogens (tertiary/aromatic N) is 2. The van der Waals surface area contributed by atoms with Crippen LogP contribution in [0.5, 0.6) is 5.75 Å². The lowest BCUT2D eigenvalue weighted by Crippen LogP contribution is -2.45. The molecule has 2 aliphatic rings. The summed E-state index contributed by atoms with van der Waals surface area (Å²) in [6.07, 6.45) is 2.30. The van der Waals surface area contributed by atoms with Crippen LogP contribution in [0.25, 0.3) is 0 Å². The molecule has 0 saturated carbocycles. The van der Waals surface area contributed by atoms with Gasteiger partial charge in [0.25, 0.3) is 0 Å². The number of benzene rings is 1. The number of halogens is 2. The average Bonchev–Trinajstić information content (AvgIpc) is 2.70. The second-order valence-corrected chi connectivity index (χ2v) is 7.74. The molecule has 2 fully saturated rings. The number of amides is 1. The second kappa shape index (κ2) is 9.07. The van der Waals surface area contributed by atoms with Crippen LogP contribution in [0.4, 0.5) is 13.6 Å². The third kappa shape index (κ3) is 4.74. The first-order valence-electron chi connectivity index (χ1n) is 10.1. The molecule has 0 aromatic heterocycles. The van der Waals surface area contributed by atoms with E-state index in [2.05, 4.69) is 4.90 Å². The summed E-state index contributed by atoms with van der Waals surface area (Å²) in [5.41, 5.74) is -1.24. The molecule has 0 spiro atoms. The maximum atomic E-state index is 15.6. The van der Waals surface area contributed by atoms with Crippen molar-refractivity contribution in [3.63, 3.8) is 0 Å². The summed E-state index contributed by atoms with van der Waals surface area (Å²) in [6.45, 7) is 5.81. The number of methoxy groups -OCH3 is 1. The third-order valence-electron chi connectivity index (χ3n) is 5.95. The van der Waals surface area contributed by atoms with Gasteiger partial charge in [0, 0.05) is 38.3 Å². The maximum Gasteiger partial charge on any atom is 0.409 e. The molecule has 1 aromatic rings. The molecule has 3 rings (SSSR count).